The Morgan fingerprint density at radius 1 is 1.67 bits per heavy atom. The number of alkyl halides is 1. The van der Waals surface area contributed by atoms with Crippen LogP contribution in [0.1, 0.15) is 12.8 Å². The first kappa shape index (κ1) is 4.62. The van der Waals surface area contributed by atoms with Gasteiger partial charge in [0.2, 0.25) is 0 Å². The van der Waals surface area contributed by atoms with E-state index < -0.39 is 0 Å². The van der Waals surface area contributed by atoms with Crippen LogP contribution in [0, 0.1) is 0 Å². The van der Waals surface area contributed by atoms with Gasteiger partial charge in [-0.25, -0.2) is 0 Å². The zero-order valence-corrected chi connectivity index (χ0v) is 5.68. The average Bonchev–Trinajstić information content (AvgIpc) is 1.86. The van der Waals surface area contributed by atoms with Crippen LogP contribution in [-0.4, -0.2) is 3.92 Å². The fourth-order valence-electron chi connectivity index (χ4n) is 0.596. The van der Waals surface area contributed by atoms with Crippen molar-refractivity contribution in [1.82, 2.24) is 0 Å². The van der Waals surface area contributed by atoms with Gasteiger partial charge in [0.05, 0.1) is 0 Å². The van der Waals surface area contributed by atoms with Crippen molar-refractivity contribution < 1.29 is 0 Å². The fraction of sp³-hybridized carbons (Fsp3) is 0.600. The van der Waals surface area contributed by atoms with Gasteiger partial charge in [-0.3, -0.25) is 0 Å². The van der Waals surface area contributed by atoms with E-state index in [4.69, 9.17) is 0 Å². The molecule has 0 saturated carbocycles. The molecule has 1 aliphatic carbocycles. The standard InChI is InChI=1S/C5H7I/c6-5-3-1-2-4-5/h1,3,5H,2,4H2/t5-/m0/s1. The zero-order valence-electron chi connectivity index (χ0n) is 3.52. The highest BCUT2D eigenvalue weighted by Gasteiger charge is 2.00. The third kappa shape index (κ3) is 0.965. The van der Waals surface area contributed by atoms with Gasteiger partial charge in [-0.15, -0.1) is 0 Å². The molecule has 1 aliphatic rings. The highest BCUT2D eigenvalue weighted by Crippen LogP contribution is 2.16. The molecular weight excluding hydrogens is 187 g/mol. The van der Waals surface area contributed by atoms with Crippen LogP contribution in [0.4, 0.5) is 0 Å². The van der Waals surface area contributed by atoms with Gasteiger partial charge >= 0.3 is 0 Å². The van der Waals surface area contributed by atoms with Gasteiger partial charge in [-0.1, -0.05) is 34.7 Å². The molecule has 0 aromatic heterocycles. The smallest absolute Gasteiger partial charge is 0.0292 e. The van der Waals surface area contributed by atoms with Gasteiger partial charge in [-0.05, 0) is 12.8 Å². The molecule has 0 heterocycles. The Labute approximate surface area is 51.8 Å². The quantitative estimate of drug-likeness (QED) is 0.315. The summed E-state index contributed by atoms with van der Waals surface area (Å²) in [6, 6.07) is 0. The molecule has 0 aromatic rings. The maximum atomic E-state index is 2.45. The van der Waals surface area contributed by atoms with Crippen LogP contribution in [0.5, 0.6) is 0 Å². The minimum atomic E-state index is 0.836. The van der Waals surface area contributed by atoms with E-state index in [-0.39, 0.29) is 0 Å². The SMILES string of the molecule is I[C@H]1C=CCC1. The first-order valence-electron chi connectivity index (χ1n) is 2.20. The van der Waals surface area contributed by atoms with Gasteiger partial charge in [0.25, 0.3) is 0 Å². The second-order valence-electron chi connectivity index (χ2n) is 1.52. The van der Waals surface area contributed by atoms with Crippen LogP contribution in [0.25, 0.3) is 0 Å². The molecule has 0 unspecified atom stereocenters. The summed E-state index contributed by atoms with van der Waals surface area (Å²) < 4.78 is 0.836. The van der Waals surface area contributed by atoms with Crippen LogP contribution in [0.3, 0.4) is 0 Å². The van der Waals surface area contributed by atoms with Crippen molar-refractivity contribution in [2.45, 2.75) is 16.8 Å². The Balaban J connectivity index is 2.38. The van der Waals surface area contributed by atoms with E-state index in [1.165, 1.54) is 12.8 Å². The van der Waals surface area contributed by atoms with E-state index in [2.05, 4.69) is 34.7 Å². The molecule has 0 bridgehead atoms. The molecule has 0 radical (unpaired) electrons. The van der Waals surface area contributed by atoms with Crippen LogP contribution in [0.2, 0.25) is 0 Å². The van der Waals surface area contributed by atoms with Gasteiger partial charge in [0.1, 0.15) is 0 Å². The van der Waals surface area contributed by atoms with E-state index in [9.17, 15) is 0 Å². The van der Waals surface area contributed by atoms with Crippen LogP contribution < -0.4 is 0 Å². The first-order chi connectivity index (χ1) is 2.89. The van der Waals surface area contributed by atoms with Crippen molar-refractivity contribution in [2.75, 3.05) is 0 Å². The van der Waals surface area contributed by atoms with Gasteiger partial charge < -0.3 is 0 Å². The largest absolute Gasteiger partial charge is 0.0874 e. The number of allylic oxidation sites excluding steroid dienone is 2. The molecule has 1 atom stereocenters. The van der Waals surface area contributed by atoms with Gasteiger partial charge in [0.15, 0.2) is 0 Å². The van der Waals surface area contributed by atoms with E-state index in [1.807, 2.05) is 0 Å². The lowest BCUT2D eigenvalue weighted by Crippen LogP contribution is -1.79. The number of hydrogen-bond donors (Lipinski definition) is 0. The highest BCUT2D eigenvalue weighted by atomic mass is 127. The normalized spacial score (nSPS) is 31.8. The summed E-state index contributed by atoms with van der Waals surface area (Å²) in [6.45, 7) is 0. The third-order valence-corrected chi connectivity index (χ3v) is 1.99. The van der Waals surface area contributed by atoms with Crippen LogP contribution >= 0.6 is 22.6 Å². The summed E-state index contributed by atoms with van der Waals surface area (Å²) in [5.74, 6) is 0. The lowest BCUT2D eigenvalue weighted by Gasteiger charge is -1.87. The Morgan fingerprint density at radius 3 is 2.67 bits per heavy atom. The lowest BCUT2D eigenvalue weighted by molar-refractivity contribution is 0.966. The molecule has 0 saturated heterocycles. The molecule has 0 nitrogen and oxygen atoms in total. The first-order valence-corrected chi connectivity index (χ1v) is 3.45. The maximum Gasteiger partial charge on any atom is 0.0292 e. The molecule has 0 fully saturated rings. The van der Waals surface area contributed by atoms with Crippen LogP contribution in [-0.2, 0) is 0 Å². The summed E-state index contributed by atoms with van der Waals surface area (Å²) in [4.78, 5) is 0. The Kier molecular flexibility index (Phi) is 1.51. The van der Waals surface area contributed by atoms with Crippen molar-refractivity contribution in [3.8, 4) is 0 Å². The van der Waals surface area contributed by atoms with Crippen molar-refractivity contribution >= 4 is 22.6 Å². The Morgan fingerprint density at radius 2 is 2.50 bits per heavy atom. The lowest BCUT2D eigenvalue weighted by atomic mass is 10.4. The summed E-state index contributed by atoms with van der Waals surface area (Å²) in [5, 5.41) is 0. The predicted molar refractivity (Wildman–Crippen MR) is 36.2 cm³/mol. The monoisotopic (exact) mass is 194 g/mol. The fourth-order valence-corrected chi connectivity index (χ4v) is 1.25. The second kappa shape index (κ2) is 1.96. The summed E-state index contributed by atoms with van der Waals surface area (Å²) in [5.41, 5.74) is 0. The van der Waals surface area contributed by atoms with E-state index >= 15 is 0 Å². The van der Waals surface area contributed by atoms with E-state index in [0.29, 0.717) is 0 Å². The van der Waals surface area contributed by atoms with Gasteiger partial charge in [-0.2, -0.15) is 0 Å². The summed E-state index contributed by atoms with van der Waals surface area (Å²) in [7, 11) is 0. The number of halogens is 1. The summed E-state index contributed by atoms with van der Waals surface area (Å²) >= 11 is 2.45. The minimum Gasteiger partial charge on any atom is -0.0874 e. The third-order valence-electron chi connectivity index (χ3n) is 0.954. The van der Waals surface area contributed by atoms with Crippen LogP contribution in [0.15, 0.2) is 12.2 Å². The molecule has 1 heteroatoms. The molecule has 34 valence electrons. The summed E-state index contributed by atoms with van der Waals surface area (Å²) in [6.07, 6.45) is 7.17. The topological polar surface area (TPSA) is 0 Å². The van der Waals surface area contributed by atoms with Gasteiger partial charge in [0, 0.05) is 3.92 Å². The molecule has 0 amide bonds. The molecule has 0 aliphatic heterocycles. The van der Waals surface area contributed by atoms with E-state index in [0.717, 1.165) is 3.92 Å². The molecule has 0 aromatic carbocycles. The van der Waals surface area contributed by atoms with Crippen molar-refractivity contribution in [3.05, 3.63) is 12.2 Å². The molecule has 1 rings (SSSR count). The Hall–Kier alpha value is 0.470. The van der Waals surface area contributed by atoms with Crippen molar-refractivity contribution in [3.63, 3.8) is 0 Å². The Bertz CT molecular complexity index is 66.3. The molecule has 0 spiro atoms. The zero-order chi connectivity index (χ0) is 4.41. The number of rotatable bonds is 0. The molecule has 0 N–H and O–H groups in total. The average molecular weight is 194 g/mol. The van der Waals surface area contributed by atoms with E-state index in [1.54, 1.807) is 0 Å². The number of hydrogen-bond acceptors (Lipinski definition) is 0. The molecular formula is C5H7I. The second-order valence-corrected chi connectivity index (χ2v) is 3.12. The maximum absolute atomic E-state index is 2.45. The highest BCUT2D eigenvalue weighted by molar-refractivity contribution is 14.1. The predicted octanol–water partition coefficient (Wildman–Crippen LogP) is 2.14. The van der Waals surface area contributed by atoms with Crippen molar-refractivity contribution in [2.24, 2.45) is 0 Å². The minimum absolute atomic E-state index is 0.836. The molecule has 6 heavy (non-hydrogen) atoms. The van der Waals surface area contributed by atoms with Crippen molar-refractivity contribution in [1.29, 1.82) is 0 Å².